The molecule has 0 unspecified atom stereocenters. The van der Waals surface area contributed by atoms with Crippen LogP contribution in [0.4, 0.5) is 0 Å². The Hall–Kier alpha value is -7.34. The summed E-state index contributed by atoms with van der Waals surface area (Å²) in [6, 6.07) is 64.5. The fourth-order valence-corrected chi connectivity index (χ4v) is 9.63. The molecule has 0 bridgehead atoms. The molecule has 0 aliphatic heterocycles. The highest BCUT2D eigenvalue weighted by molar-refractivity contribution is 7.26. The average Bonchev–Trinajstić information content (AvgIpc) is 3.66. The second-order valence-corrected chi connectivity index (χ2v) is 15.7. The Balaban J connectivity index is 1.06. The summed E-state index contributed by atoms with van der Waals surface area (Å²) < 4.78 is 2.47. The van der Waals surface area contributed by atoms with Crippen molar-refractivity contribution in [3.8, 4) is 45.4 Å². The van der Waals surface area contributed by atoms with E-state index in [2.05, 4.69) is 182 Å². The van der Waals surface area contributed by atoms with Gasteiger partial charge in [0, 0.05) is 58.6 Å². The number of hydrogen-bond acceptors (Lipinski definition) is 5. The Morgan fingerprint density at radius 2 is 0.789 bits per heavy atom. The quantitative estimate of drug-likeness (QED) is 0.169. The van der Waals surface area contributed by atoms with Gasteiger partial charge in [-0.15, -0.1) is 11.3 Å². The molecule has 0 spiro atoms. The van der Waals surface area contributed by atoms with Crippen LogP contribution in [0.25, 0.3) is 120 Å². The third-order valence-electron chi connectivity index (χ3n) is 11.2. The zero-order valence-electron chi connectivity index (χ0n) is 30.5. The Bertz CT molecular complexity index is 3510. The molecule has 57 heavy (non-hydrogen) atoms. The van der Waals surface area contributed by atoms with Gasteiger partial charge in [0.25, 0.3) is 0 Å². The number of thiophene rings is 1. The van der Waals surface area contributed by atoms with E-state index in [1.165, 1.54) is 47.1 Å². The van der Waals surface area contributed by atoms with Gasteiger partial charge in [0.05, 0.1) is 11.2 Å². The lowest BCUT2D eigenvalue weighted by molar-refractivity contribution is 1.08. The first kappa shape index (κ1) is 32.0. The van der Waals surface area contributed by atoms with E-state index in [4.69, 9.17) is 19.9 Å². The van der Waals surface area contributed by atoms with E-state index >= 15 is 0 Å². The van der Waals surface area contributed by atoms with Crippen molar-refractivity contribution in [1.82, 2.24) is 19.9 Å². The van der Waals surface area contributed by atoms with Crippen molar-refractivity contribution in [1.29, 1.82) is 0 Å². The maximum atomic E-state index is 5.28. The van der Waals surface area contributed by atoms with E-state index in [-0.39, 0.29) is 0 Å². The minimum atomic E-state index is 0.645. The molecule has 12 aromatic rings. The van der Waals surface area contributed by atoms with Gasteiger partial charge in [0.2, 0.25) is 0 Å². The first-order valence-corrected chi connectivity index (χ1v) is 19.9. The van der Waals surface area contributed by atoms with Gasteiger partial charge in [-0.1, -0.05) is 140 Å². The summed E-state index contributed by atoms with van der Waals surface area (Å²) in [5, 5.41) is 13.0. The van der Waals surface area contributed by atoms with Crippen LogP contribution < -0.4 is 0 Å². The van der Waals surface area contributed by atoms with Crippen molar-refractivity contribution in [2.75, 3.05) is 0 Å². The number of pyridine rings is 1. The molecule has 264 valence electrons. The Labute approximate surface area is 331 Å². The molecule has 0 amide bonds. The highest BCUT2D eigenvalue weighted by atomic mass is 32.1. The summed E-state index contributed by atoms with van der Waals surface area (Å²) in [6.45, 7) is 0. The first-order valence-electron chi connectivity index (χ1n) is 19.1. The molecule has 0 saturated carbocycles. The van der Waals surface area contributed by atoms with Crippen LogP contribution in [0.5, 0.6) is 0 Å². The molecule has 0 saturated heterocycles. The van der Waals surface area contributed by atoms with Crippen molar-refractivity contribution >= 4 is 85.5 Å². The molecule has 0 aliphatic carbocycles. The fourth-order valence-electron chi connectivity index (χ4n) is 8.38. The maximum Gasteiger partial charge on any atom is 0.164 e. The van der Waals surface area contributed by atoms with E-state index in [9.17, 15) is 0 Å². The van der Waals surface area contributed by atoms with Crippen molar-refractivity contribution in [2.45, 2.75) is 0 Å². The third kappa shape index (κ3) is 5.28. The molecule has 5 heteroatoms. The lowest BCUT2D eigenvalue weighted by Gasteiger charge is -2.12. The van der Waals surface area contributed by atoms with Crippen molar-refractivity contribution in [2.24, 2.45) is 0 Å². The summed E-state index contributed by atoms with van der Waals surface area (Å²) >= 11 is 1.84. The minimum absolute atomic E-state index is 0.645. The zero-order valence-corrected chi connectivity index (χ0v) is 31.3. The molecule has 4 nitrogen and oxygen atoms in total. The topological polar surface area (TPSA) is 51.6 Å². The molecule has 12 rings (SSSR count). The van der Waals surface area contributed by atoms with Crippen LogP contribution in [0.2, 0.25) is 0 Å². The number of aromatic nitrogens is 4. The van der Waals surface area contributed by atoms with Crippen LogP contribution in [0.1, 0.15) is 0 Å². The van der Waals surface area contributed by atoms with Crippen molar-refractivity contribution in [3.05, 3.63) is 182 Å². The average molecular weight is 743 g/mol. The minimum Gasteiger partial charge on any atom is -0.247 e. The van der Waals surface area contributed by atoms with E-state index in [1.807, 2.05) is 11.3 Å². The second kappa shape index (κ2) is 12.6. The number of hydrogen-bond donors (Lipinski definition) is 0. The third-order valence-corrected chi connectivity index (χ3v) is 12.4. The summed E-state index contributed by atoms with van der Waals surface area (Å²) in [5.74, 6) is 1.94. The zero-order chi connectivity index (χ0) is 37.5. The molecule has 3 heterocycles. The van der Waals surface area contributed by atoms with Crippen molar-refractivity contribution in [3.63, 3.8) is 0 Å². The van der Waals surface area contributed by atoms with E-state index < -0.39 is 0 Å². The van der Waals surface area contributed by atoms with Crippen LogP contribution in [-0.2, 0) is 0 Å². The molecular formula is C52H30N4S. The maximum absolute atomic E-state index is 5.28. The number of rotatable bonds is 4. The van der Waals surface area contributed by atoms with E-state index in [1.54, 1.807) is 0 Å². The predicted octanol–water partition coefficient (Wildman–Crippen LogP) is 14.1. The lowest BCUT2D eigenvalue weighted by atomic mass is 9.96. The van der Waals surface area contributed by atoms with E-state index in [0.717, 1.165) is 55.0 Å². The first-order chi connectivity index (χ1) is 28.2. The predicted molar refractivity (Wildman–Crippen MR) is 240 cm³/mol. The summed E-state index contributed by atoms with van der Waals surface area (Å²) in [5.41, 5.74) is 5.97. The van der Waals surface area contributed by atoms with Crippen molar-refractivity contribution < 1.29 is 0 Å². The fraction of sp³-hybridized carbons (Fsp3) is 0. The highest BCUT2D eigenvalue weighted by Crippen LogP contribution is 2.44. The molecule has 0 N–H and O–H groups in total. The molecular weight excluding hydrogens is 713 g/mol. The SMILES string of the molecule is c1ccc2cc(-c3nc(-c4ccc5ccccc5c4)nc(-c4ccc5sc6c(ccc7c(-c8ccc9ccccc9c8)nc8ccccc8c76)c5c4)n3)ccc2c1. The number of benzene rings is 9. The molecule has 9 aromatic carbocycles. The van der Waals surface area contributed by atoms with Gasteiger partial charge >= 0.3 is 0 Å². The van der Waals surface area contributed by atoms with Gasteiger partial charge in [-0.05, 0) is 74.8 Å². The number of para-hydroxylation sites is 1. The van der Waals surface area contributed by atoms with Crippen LogP contribution in [0.15, 0.2) is 182 Å². The standard InChI is InChI=1S/C52H30N4S/c1-4-12-34-27-37(20-17-31(34)9-1)48-43-25-24-41-44-30-40(23-26-46(44)57-49(41)47(43)42-15-7-8-16-45(42)53-48)52-55-50(38-21-18-32-10-2-5-13-35(32)28-38)54-51(56-52)39-22-19-33-11-3-6-14-36(33)29-39/h1-30H. The summed E-state index contributed by atoms with van der Waals surface area (Å²) in [6.07, 6.45) is 0. The molecule has 0 radical (unpaired) electrons. The molecule has 0 fully saturated rings. The second-order valence-electron chi connectivity index (χ2n) is 14.6. The normalized spacial score (nSPS) is 11.9. The molecule has 0 atom stereocenters. The van der Waals surface area contributed by atoms with Gasteiger partial charge < -0.3 is 0 Å². The monoisotopic (exact) mass is 742 g/mol. The van der Waals surface area contributed by atoms with Crippen LogP contribution >= 0.6 is 11.3 Å². The van der Waals surface area contributed by atoms with Gasteiger partial charge in [-0.2, -0.15) is 0 Å². The van der Waals surface area contributed by atoms with Crippen LogP contribution in [-0.4, -0.2) is 19.9 Å². The summed E-state index contributed by atoms with van der Waals surface area (Å²) in [4.78, 5) is 20.7. The Kier molecular flexibility index (Phi) is 7.06. The van der Waals surface area contributed by atoms with E-state index in [0.29, 0.717) is 17.5 Å². The van der Waals surface area contributed by atoms with Gasteiger partial charge in [0.15, 0.2) is 17.5 Å². The van der Waals surface area contributed by atoms with Crippen LogP contribution in [0, 0.1) is 0 Å². The number of nitrogens with zero attached hydrogens (tertiary/aromatic N) is 4. The smallest absolute Gasteiger partial charge is 0.164 e. The van der Waals surface area contributed by atoms with Gasteiger partial charge in [0.1, 0.15) is 0 Å². The highest BCUT2D eigenvalue weighted by Gasteiger charge is 2.19. The molecule has 3 aromatic heterocycles. The van der Waals surface area contributed by atoms with Gasteiger partial charge in [-0.25, -0.2) is 19.9 Å². The van der Waals surface area contributed by atoms with Crippen LogP contribution in [0.3, 0.4) is 0 Å². The Morgan fingerprint density at radius 1 is 0.316 bits per heavy atom. The number of fused-ring (bicyclic) bond motifs is 10. The van der Waals surface area contributed by atoms with Gasteiger partial charge in [-0.3, -0.25) is 0 Å². The molecule has 0 aliphatic rings. The lowest BCUT2D eigenvalue weighted by Crippen LogP contribution is -2.00. The Morgan fingerprint density at radius 3 is 1.40 bits per heavy atom. The summed E-state index contributed by atoms with van der Waals surface area (Å²) in [7, 11) is 0. The largest absolute Gasteiger partial charge is 0.247 e.